The molecule has 0 aliphatic carbocycles. The van der Waals surface area contributed by atoms with Crippen molar-refractivity contribution in [3.63, 3.8) is 0 Å². The lowest BCUT2D eigenvalue weighted by molar-refractivity contribution is 0.342. The normalized spacial score (nSPS) is 11.5. The zero-order valence-corrected chi connectivity index (χ0v) is 19.1. The number of benzene rings is 2. The highest BCUT2D eigenvalue weighted by atomic mass is 32.2. The molecular weight excluding hydrogens is 428 g/mol. The number of ether oxygens (including phenoxy) is 2. The van der Waals surface area contributed by atoms with Gasteiger partial charge in [-0.25, -0.2) is 17.9 Å². The fourth-order valence-electron chi connectivity index (χ4n) is 3.56. The molecule has 0 amide bonds. The van der Waals surface area contributed by atoms with Crippen molar-refractivity contribution in [1.29, 1.82) is 0 Å². The van der Waals surface area contributed by atoms with E-state index in [2.05, 4.69) is 14.8 Å². The van der Waals surface area contributed by atoms with Gasteiger partial charge in [-0.2, -0.15) is 5.10 Å². The molecule has 166 valence electrons. The fraction of sp³-hybridized carbons (Fsp3) is 0.217. The number of fused-ring (bicyclic) bond motifs is 1. The molecule has 0 atom stereocenters. The molecule has 0 bridgehead atoms. The Hall–Kier alpha value is -3.59. The summed E-state index contributed by atoms with van der Waals surface area (Å²) in [6.07, 6.45) is 1.69. The van der Waals surface area contributed by atoms with Crippen molar-refractivity contribution in [3.8, 4) is 22.6 Å². The third kappa shape index (κ3) is 3.99. The minimum Gasteiger partial charge on any atom is -0.495 e. The molecule has 9 heteroatoms. The van der Waals surface area contributed by atoms with Crippen molar-refractivity contribution in [2.45, 2.75) is 25.7 Å². The Kier molecular flexibility index (Phi) is 5.75. The van der Waals surface area contributed by atoms with Gasteiger partial charge in [0.2, 0.25) is 0 Å². The number of anilines is 1. The number of aryl methyl sites for hydroxylation is 2. The van der Waals surface area contributed by atoms with Crippen LogP contribution in [-0.4, -0.2) is 36.7 Å². The number of rotatable bonds is 7. The topological polar surface area (TPSA) is 94.8 Å². The fourth-order valence-corrected chi connectivity index (χ4v) is 4.83. The first-order valence-electron chi connectivity index (χ1n) is 10.1. The summed E-state index contributed by atoms with van der Waals surface area (Å²) >= 11 is 0. The van der Waals surface area contributed by atoms with Gasteiger partial charge in [0.25, 0.3) is 10.0 Å². The lowest BCUT2D eigenvalue weighted by Crippen LogP contribution is -2.15. The molecule has 0 aliphatic rings. The number of hydrogen-bond donors (Lipinski definition) is 1. The lowest BCUT2D eigenvalue weighted by atomic mass is 10.1. The number of nitrogens with one attached hydrogen (secondary N) is 1. The third-order valence-electron chi connectivity index (χ3n) is 4.97. The van der Waals surface area contributed by atoms with Crippen LogP contribution in [-0.2, 0) is 10.0 Å². The highest BCUT2D eigenvalue weighted by Gasteiger charge is 2.23. The van der Waals surface area contributed by atoms with E-state index in [1.807, 2.05) is 26.8 Å². The molecule has 2 aromatic heterocycles. The van der Waals surface area contributed by atoms with Crippen molar-refractivity contribution in [2.75, 3.05) is 18.4 Å². The van der Waals surface area contributed by atoms with Gasteiger partial charge in [0.15, 0.2) is 5.65 Å². The highest BCUT2D eigenvalue weighted by Crippen LogP contribution is 2.34. The molecular formula is C23H24N4O4S. The SMILES string of the molecule is CCOc1ccccc1NS(=O)(=O)c1cc(-c2cnn3c(C)cc(C)nc23)ccc1OC. The van der Waals surface area contributed by atoms with Gasteiger partial charge in [0, 0.05) is 17.0 Å². The van der Waals surface area contributed by atoms with Gasteiger partial charge in [-0.3, -0.25) is 4.72 Å². The summed E-state index contributed by atoms with van der Waals surface area (Å²) in [5, 5.41) is 4.41. The Morgan fingerprint density at radius 2 is 1.84 bits per heavy atom. The van der Waals surface area contributed by atoms with E-state index in [9.17, 15) is 8.42 Å². The van der Waals surface area contributed by atoms with E-state index in [0.717, 1.165) is 17.0 Å². The van der Waals surface area contributed by atoms with E-state index < -0.39 is 10.0 Å². The van der Waals surface area contributed by atoms with Crippen molar-refractivity contribution in [1.82, 2.24) is 14.6 Å². The molecule has 8 nitrogen and oxygen atoms in total. The van der Waals surface area contributed by atoms with E-state index in [4.69, 9.17) is 9.47 Å². The van der Waals surface area contributed by atoms with Crippen molar-refractivity contribution < 1.29 is 17.9 Å². The summed E-state index contributed by atoms with van der Waals surface area (Å²) in [6, 6.07) is 13.8. The quantitative estimate of drug-likeness (QED) is 0.451. The minimum absolute atomic E-state index is 0.00697. The van der Waals surface area contributed by atoms with Crippen molar-refractivity contribution in [3.05, 3.63) is 66.1 Å². The predicted octanol–water partition coefficient (Wildman–Crippen LogP) is 4.22. The zero-order chi connectivity index (χ0) is 22.9. The van der Waals surface area contributed by atoms with Crippen molar-refractivity contribution >= 4 is 21.4 Å². The Morgan fingerprint density at radius 1 is 1.06 bits per heavy atom. The average Bonchev–Trinajstić information content (AvgIpc) is 3.19. The monoisotopic (exact) mass is 452 g/mol. The molecule has 4 aromatic rings. The van der Waals surface area contributed by atoms with Crippen molar-refractivity contribution in [2.24, 2.45) is 0 Å². The molecule has 0 radical (unpaired) electrons. The molecule has 2 aromatic carbocycles. The second kappa shape index (κ2) is 8.51. The first-order chi connectivity index (χ1) is 15.3. The van der Waals surface area contributed by atoms with E-state index >= 15 is 0 Å². The second-order valence-electron chi connectivity index (χ2n) is 7.23. The Balaban J connectivity index is 1.81. The molecule has 2 heterocycles. The van der Waals surface area contributed by atoms with Crippen LogP contribution < -0.4 is 14.2 Å². The van der Waals surface area contributed by atoms with Gasteiger partial charge in [0.05, 0.1) is 25.6 Å². The van der Waals surface area contributed by atoms with Crippen LogP contribution in [0.4, 0.5) is 5.69 Å². The average molecular weight is 453 g/mol. The summed E-state index contributed by atoms with van der Waals surface area (Å²) in [5.74, 6) is 0.679. The number of sulfonamides is 1. The molecule has 1 N–H and O–H groups in total. The van der Waals surface area contributed by atoms with Gasteiger partial charge in [0.1, 0.15) is 16.4 Å². The summed E-state index contributed by atoms with van der Waals surface area (Å²) in [7, 11) is -2.55. The molecule has 0 saturated carbocycles. The Morgan fingerprint density at radius 3 is 2.59 bits per heavy atom. The predicted molar refractivity (Wildman–Crippen MR) is 123 cm³/mol. The first-order valence-corrected chi connectivity index (χ1v) is 11.6. The number of nitrogens with zero attached hydrogens (tertiary/aromatic N) is 3. The van der Waals surface area contributed by atoms with E-state index in [1.54, 1.807) is 53.2 Å². The largest absolute Gasteiger partial charge is 0.495 e. The molecule has 0 saturated heterocycles. The standard InChI is InChI=1S/C23H24N4O4S/c1-5-31-20-9-7-6-8-19(20)26-32(28,29)22-13-17(10-11-21(22)30-4)18-14-24-27-16(3)12-15(2)25-23(18)27/h6-14,26H,5H2,1-4H3. The maximum atomic E-state index is 13.3. The first kappa shape index (κ1) is 21.6. The van der Waals surface area contributed by atoms with Crippen LogP contribution in [0.3, 0.4) is 0 Å². The molecule has 32 heavy (non-hydrogen) atoms. The molecule has 0 unspecified atom stereocenters. The van der Waals surface area contributed by atoms with E-state index in [1.165, 1.54) is 7.11 Å². The van der Waals surface area contributed by atoms with Crippen LogP contribution in [0.5, 0.6) is 11.5 Å². The summed E-state index contributed by atoms with van der Waals surface area (Å²) in [5.41, 5.74) is 4.19. The van der Waals surface area contributed by atoms with Gasteiger partial charge in [-0.15, -0.1) is 0 Å². The van der Waals surface area contributed by atoms with Crippen LogP contribution in [0.15, 0.2) is 59.6 Å². The smallest absolute Gasteiger partial charge is 0.265 e. The molecule has 0 spiro atoms. The van der Waals surface area contributed by atoms with Crippen LogP contribution in [0.1, 0.15) is 18.3 Å². The Bertz CT molecular complexity index is 1400. The Labute approximate surface area is 186 Å². The van der Waals surface area contributed by atoms with Gasteiger partial charge >= 0.3 is 0 Å². The number of aromatic nitrogens is 3. The third-order valence-corrected chi connectivity index (χ3v) is 6.36. The second-order valence-corrected chi connectivity index (χ2v) is 8.88. The van der Waals surface area contributed by atoms with Gasteiger partial charge < -0.3 is 9.47 Å². The lowest BCUT2D eigenvalue weighted by Gasteiger charge is -2.15. The number of methoxy groups -OCH3 is 1. The van der Waals surface area contributed by atoms with E-state index in [-0.39, 0.29) is 10.6 Å². The van der Waals surface area contributed by atoms with Crippen LogP contribution in [0.25, 0.3) is 16.8 Å². The maximum Gasteiger partial charge on any atom is 0.265 e. The van der Waals surface area contributed by atoms with Crippen LogP contribution in [0.2, 0.25) is 0 Å². The molecule has 0 fully saturated rings. The molecule has 0 aliphatic heterocycles. The summed E-state index contributed by atoms with van der Waals surface area (Å²) < 4.78 is 42.0. The number of para-hydroxylation sites is 2. The maximum absolute atomic E-state index is 13.3. The zero-order valence-electron chi connectivity index (χ0n) is 18.3. The summed E-state index contributed by atoms with van der Waals surface area (Å²) in [4.78, 5) is 4.60. The van der Waals surface area contributed by atoms with Crippen LogP contribution in [0, 0.1) is 13.8 Å². The molecule has 4 rings (SSSR count). The van der Waals surface area contributed by atoms with E-state index in [0.29, 0.717) is 29.3 Å². The van der Waals surface area contributed by atoms with Crippen LogP contribution >= 0.6 is 0 Å². The minimum atomic E-state index is -3.98. The number of hydrogen-bond acceptors (Lipinski definition) is 6. The van der Waals surface area contributed by atoms with Gasteiger partial charge in [-0.05, 0) is 56.7 Å². The highest BCUT2D eigenvalue weighted by molar-refractivity contribution is 7.92. The van der Waals surface area contributed by atoms with Gasteiger partial charge in [-0.1, -0.05) is 18.2 Å². The summed E-state index contributed by atoms with van der Waals surface area (Å²) in [6.45, 7) is 6.11.